The SMILES string of the molecule is CCC[C@H](c1nnnn1CC(=O)OCC)N(Cc1cccs1)Cc1cc2cc3c(cc2[nH]c1=O)OCCO3. The zero-order chi connectivity index (χ0) is 26.5. The molecule has 1 aliphatic rings. The lowest BCUT2D eigenvalue weighted by Gasteiger charge is -2.30. The average molecular weight is 539 g/mol. The first kappa shape index (κ1) is 25.9. The Bertz CT molecular complexity index is 1450. The molecule has 1 aromatic carbocycles. The van der Waals surface area contributed by atoms with Crippen molar-refractivity contribution in [1.82, 2.24) is 30.1 Å². The van der Waals surface area contributed by atoms with Gasteiger partial charge < -0.3 is 19.2 Å². The number of esters is 1. The molecule has 0 bridgehead atoms. The molecule has 0 spiro atoms. The van der Waals surface area contributed by atoms with Gasteiger partial charge in [-0.25, -0.2) is 4.68 Å². The highest BCUT2D eigenvalue weighted by atomic mass is 32.1. The topological polar surface area (TPSA) is 124 Å². The van der Waals surface area contributed by atoms with Crippen molar-refractivity contribution < 1.29 is 19.0 Å². The maximum absolute atomic E-state index is 13.2. The Morgan fingerprint density at radius 3 is 2.76 bits per heavy atom. The molecule has 0 fully saturated rings. The van der Waals surface area contributed by atoms with E-state index in [-0.39, 0.29) is 24.8 Å². The van der Waals surface area contributed by atoms with Crippen LogP contribution in [0.2, 0.25) is 0 Å². The number of H-pyrrole nitrogens is 1. The molecule has 12 heteroatoms. The van der Waals surface area contributed by atoms with Gasteiger partial charge in [0.15, 0.2) is 17.3 Å². The van der Waals surface area contributed by atoms with E-state index in [1.807, 2.05) is 29.6 Å². The minimum Gasteiger partial charge on any atom is -0.486 e. The van der Waals surface area contributed by atoms with Crippen molar-refractivity contribution in [3.05, 3.63) is 62.3 Å². The average Bonchev–Trinajstić information content (AvgIpc) is 3.59. The van der Waals surface area contributed by atoms with Gasteiger partial charge in [-0.3, -0.25) is 14.5 Å². The highest BCUT2D eigenvalue weighted by molar-refractivity contribution is 7.09. The third kappa shape index (κ3) is 5.70. The maximum atomic E-state index is 13.2. The third-order valence-corrected chi connectivity index (χ3v) is 7.20. The lowest BCUT2D eigenvalue weighted by atomic mass is 10.1. The van der Waals surface area contributed by atoms with E-state index in [9.17, 15) is 9.59 Å². The zero-order valence-corrected chi connectivity index (χ0v) is 22.2. The predicted molar refractivity (Wildman–Crippen MR) is 141 cm³/mol. The Morgan fingerprint density at radius 2 is 2.03 bits per heavy atom. The summed E-state index contributed by atoms with van der Waals surface area (Å²) in [4.78, 5) is 31.8. The molecular formula is C26H30N6O5S. The molecule has 0 radical (unpaired) electrons. The maximum Gasteiger partial charge on any atom is 0.327 e. The van der Waals surface area contributed by atoms with E-state index in [0.29, 0.717) is 54.7 Å². The summed E-state index contributed by atoms with van der Waals surface area (Å²) in [6.45, 7) is 5.97. The van der Waals surface area contributed by atoms with E-state index in [0.717, 1.165) is 23.1 Å². The summed E-state index contributed by atoms with van der Waals surface area (Å²) in [5.74, 6) is 1.46. The van der Waals surface area contributed by atoms with Crippen LogP contribution in [0, 0.1) is 0 Å². The van der Waals surface area contributed by atoms with Gasteiger partial charge in [0.05, 0.1) is 18.2 Å². The number of pyridine rings is 1. The largest absolute Gasteiger partial charge is 0.486 e. The number of ether oxygens (including phenoxy) is 3. The highest BCUT2D eigenvalue weighted by Gasteiger charge is 2.28. The normalized spacial score (nSPS) is 13.7. The quantitative estimate of drug-likeness (QED) is 0.286. The predicted octanol–water partition coefficient (Wildman–Crippen LogP) is 3.45. The van der Waals surface area contributed by atoms with Crippen LogP contribution in [0.4, 0.5) is 0 Å². The van der Waals surface area contributed by atoms with E-state index in [2.05, 4.69) is 38.4 Å². The van der Waals surface area contributed by atoms with Crippen LogP contribution in [0.15, 0.2) is 40.5 Å². The van der Waals surface area contributed by atoms with Crippen LogP contribution >= 0.6 is 11.3 Å². The first-order chi connectivity index (χ1) is 18.6. The number of hydrogen-bond donors (Lipinski definition) is 1. The van der Waals surface area contributed by atoms with Gasteiger partial charge in [-0.2, -0.15) is 0 Å². The number of tetrazole rings is 1. The van der Waals surface area contributed by atoms with E-state index in [4.69, 9.17) is 14.2 Å². The summed E-state index contributed by atoms with van der Waals surface area (Å²) in [5.41, 5.74) is 1.12. The monoisotopic (exact) mass is 538 g/mol. The first-order valence-electron chi connectivity index (χ1n) is 12.7. The minimum absolute atomic E-state index is 0.0764. The van der Waals surface area contributed by atoms with E-state index >= 15 is 0 Å². The van der Waals surface area contributed by atoms with Crippen LogP contribution in [-0.2, 0) is 29.2 Å². The molecule has 1 aliphatic heterocycles. The lowest BCUT2D eigenvalue weighted by Crippen LogP contribution is -2.33. The van der Waals surface area contributed by atoms with Crippen molar-refractivity contribution in [2.24, 2.45) is 0 Å². The molecule has 0 saturated carbocycles. The molecule has 200 valence electrons. The third-order valence-electron chi connectivity index (χ3n) is 6.34. The second-order valence-corrected chi connectivity index (χ2v) is 10.0. The van der Waals surface area contributed by atoms with Gasteiger partial charge in [0.2, 0.25) is 0 Å². The van der Waals surface area contributed by atoms with Gasteiger partial charge in [-0.15, -0.1) is 16.4 Å². The number of rotatable bonds is 11. The second-order valence-electron chi connectivity index (χ2n) is 9.00. The van der Waals surface area contributed by atoms with Crippen LogP contribution in [-0.4, -0.2) is 55.9 Å². The van der Waals surface area contributed by atoms with Gasteiger partial charge in [0.1, 0.15) is 19.8 Å². The smallest absolute Gasteiger partial charge is 0.327 e. The summed E-state index contributed by atoms with van der Waals surface area (Å²) >= 11 is 1.65. The number of thiophene rings is 1. The Labute approximate surface area is 223 Å². The van der Waals surface area contributed by atoms with Crippen LogP contribution < -0.4 is 15.0 Å². The molecule has 0 amide bonds. The molecule has 1 N–H and O–H groups in total. The fraction of sp³-hybridized carbons (Fsp3) is 0.423. The molecule has 0 saturated heterocycles. The summed E-state index contributed by atoms with van der Waals surface area (Å²) < 4.78 is 18.0. The number of aromatic nitrogens is 5. The highest BCUT2D eigenvalue weighted by Crippen LogP contribution is 2.34. The first-order valence-corrected chi connectivity index (χ1v) is 13.6. The second kappa shape index (κ2) is 11.7. The molecule has 3 aromatic heterocycles. The number of aromatic amines is 1. The number of fused-ring (bicyclic) bond motifs is 2. The van der Waals surface area contributed by atoms with Crippen molar-refractivity contribution in [1.29, 1.82) is 0 Å². The lowest BCUT2D eigenvalue weighted by molar-refractivity contribution is -0.144. The van der Waals surface area contributed by atoms with Gasteiger partial charge >= 0.3 is 5.97 Å². The van der Waals surface area contributed by atoms with Crippen molar-refractivity contribution in [3.63, 3.8) is 0 Å². The van der Waals surface area contributed by atoms with Crippen molar-refractivity contribution >= 4 is 28.2 Å². The number of benzene rings is 1. The van der Waals surface area contributed by atoms with Gasteiger partial charge in [-0.1, -0.05) is 19.4 Å². The number of carbonyl (C=O) groups excluding carboxylic acids is 1. The molecule has 5 rings (SSSR count). The van der Waals surface area contributed by atoms with Crippen LogP contribution in [0.3, 0.4) is 0 Å². The van der Waals surface area contributed by atoms with Gasteiger partial charge in [0.25, 0.3) is 5.56 Å². The Morgan fingerprint density at radius 1 is 1.21 bits per heavy atom. The summed E-state index contributed by atoms with van der Waals surface area (Å²) in [6.07, 6.45) is 1.59. The fourth-order valence-electron chi connectivity index (χ4n) is 4.64. The van der Waals surface area contributed by atoms with Crippen LogP contribution in [0.1, 0.15) is 49.0 Å². The van der Waals surface area contributed by atoms with Crippen LogP contribution in [0.5, 0.6) is 11.5 Å². The molecule has 4 heterocycles. The molecule has 0 unspecified atom stereocenters. The molecule has 0 aliphatic carbocycles. The molecule has 38 heavy (non-hydrogen) atoms. The molecule has 4 aromatic rings. The van der Waals surface area contributed by atoms with Crippen molar-refractivity contribution in [2.75, 3.05) is 19.8 Å². The number of nitrogens with one attached hydrogen (secondary N) is 1. The number of hydrogen-bond acceptors (Lipinski definition) is 10. The standard InChI is InChI=1S/C26H30N6O5S/c1-3-6-21(25-28-29-30-32(25)16-24(33)35-4-2)31(15-19-7-5-10-38-19)14-18-11-17-12-22-23(37-9-8-36-22)13-20(17)27-26(18)34/h5,7,10-13,21H,3-4,6,8-9,14-16H2,1-2H3,(H,27,34)/t21-/m1/s1. The van der Waals surface area contributed by atoms with Crippen molar-refractivity contribution in [3.8, 4) is 11.5 Å². The van der Waals surface area contributed by atoms with E-state index < -0.39 is 5.97 Å². The van der Waals surface area contributed by atoms with Gasteiger partial charge in [-0.05, 0) is 47.4 Å². The van der Waals surface area contributed by atoms with Crippen molar-refractivity contribution in [2.45, 2.75) is 52.4 Å². The fourth-order valence-corrected chi connectivity index (χ4v) is 5.37. The molecule has 11 nitrogen and oxygen atoms in total. The summed E-state index contributed by atoms with van der Waals surface area (Å²) in [7, 11) is 0. The summed E-state index contributed by atoms with van der Waals surface area (Å²) in [6, 6.07) is 9.45. The minimum atomic E-state index is -0.401. The molecule has 1 atom stereocenters. The van der Waals surface area contributed by atoms with E-state index in [1.54, 1.807) is 18.3 Å². The summed E-state index contributed by atoms with van der Waals surface area (Å²) in [5, 5.41) is 15.1. The Kier molecular flexibility index (Phi) is 7.99. The van der Waals surface area contributed by atoms with Crippen LogP contribution in [0.25, 0.3) is 10.9 Å². The number of nitrogens with zero attached hydrogens (tertiary/aromatic N) is 5. The van der Waals surface area contributed by atoms with E-state index in [1.165, 1.54) is 4.68 Å². The Hall–Kier alpha value is -3.77. The Balaban J connectivity index is 1.51. The van der Waals surface area contributed by atoms with Gasteiger partial charge in [0, 0.05) is 35.0 Å². The molecular weight excluding hydrogens is 508 g/mol. The number of carbonyl (C=O) groups is 1. The zero-order valence-electron chi connectivity index (χ0n) is 21.4.